The molecule has 0 radical (unpaired) electrons. The average molecular weight is 581 g/mol. The maximum Gasteiger partial charge on any atom is 0.414 e. The Morgan fingerprint density at radius 1 is 1.19 bits per heavy atom. The van der Waals surface area contributed by atoms with Gasteiger partial charge in [-0.1, -0.05) is 5.16 Å². The van der Waals surface area contributed by atoms with Gasteiger partial charge in [-0.3, -0.25) is 19.1 Å². The van der Waals surface area contributed by atoms with Gasteiger partial charge >= 0.3 is 6.09 Å². The average Bonchev–Trinajstić information content (AvgIpc) is 3.35. The van der Waals surface area contributed by atoms with Crippen LogP contribution in [0.25, 0.3) is 16.9 Å². The molecular weight excluding hydrogens is 551 g/mol. The van der Waals surface area contributed by atoms with E-state index >= 15 is 0 Å². The molecule has 2 N–H and O–H groups in total. The van der Waals surface area contributed by atoms with Gasteiger partial charge in [0.25, 0.3) is 11.5 Å². The molecule has 5 rings (SSSR count). The van der Waals surface area contributed by atoms with E-state index in [4.69, 9.17) is 14.0 Å². The number of amides is 2. The fourth-order valence-electron chi connectivity index (χ4n) is 4.30. The summed E-state index contributed by atoms with van der Waals surface area (Å²) in [5.41, 5.74) is -1.23. The van der Waals surface area contributed by atoms with Gasteiger partial charge in [-0.2, -0.15) is 0 Å². The summed E-state index contributed by atoms with van der Waals surface area (Å²) in [5, 5.41) is 9.68. The summed E-state index contributed by atoms with van der Waals surface area (Å²) in [6.07, 6.45) is 4.60. The summed E-state index contributed by atoms with van der Waals surface area (Å²) < 4.78 is 31.6. The minimum absolute atomic E-state index is 0.0169. The third-order valence-corrected chi connectivity index (χ3v) is 6.54. The van der Waals surface area contributed by atoms with Gasteiger partial charge in [0, 0.05) is 38.8 Å². The second-order valence-electron chi connectivity index (χ2n) is 10.6. The lowest BCUT2D eigenvalue weighted by molar-refractivity contribution is 0.00677. The predicted octanol–water partition coefficient (Wildman–Crippen LogP) is 3.32. The number of carbonyl (C=O) groups excluding carboxylic acids is 2. The molecule has 2 atom stereocenters. The number of rotatable bonds is 7. The molecule has 1 fully saturated rings. The lowest BCUT2D eigenvalue weighted by atomic mass is 9.89. The van der Waals surface area contributed by atoms with E-state index in [1.165, 1.54) is 48.7 Å². The third kappa shape index (κ3) is 5.63. The van der Waals surface area contributed by atoms with Crippen LogP contribution in [0.3, 0.4) is 0 Å². The zero-order valence-corrected chi connectivity index (χ0v) is 23.5. The van der Waals surface area contributed by atoms with Crippen LogP contribution in [0.1, 0.15) is 44.2 Å². The van der Waals surface area contributed by atoms with Gasteiger partial charge in [-0.25, -0.2) is 24.1 Å². The maximum absolute atomic E-state index is 14.4. The first-order valence-electron chi connectivity index (χ1n) is 13.0. The van der Waals surface area contributed by atoms with Crippen LogP contribution in [-0.2, 0) is 9.47 Å². The number of methoxy groups -OCH3 is 1. The molecule has 0 aliphatic heterocycles. The Hall–Kier alpha value is -4.92. The quantitative estimate of drug-likeness (QED) is 0.329. The van der Waals surface area contributed by atoms with E-state index in [0.29, 0.717) is 0 Å². The molecule has 0 spiro atoms. The lowest BCUT2D eigenvalue weighted by Gasteiger charge is -2.35. The highest BCUT2D eigenvalue weighted by Gasteiger charge is 2.34. The molecule has 4 heterocycles. The fourth-order valence-corrected chi connectivity index (χ4v) is 4.30. The molecule has 15 heteroatoms. The van der Waals surface area contributed by atoms with Crippen molar-refractivity contribution < 1.29 is 28.0 Å². The van der Waals surface area contributed by atoms with Crippen molar-refractivity contribution in [2.45, 2.75) is 51.4 Å². The number of aromatic nitrogens is 5. The SMILES string of the molecule is CO[C@@H]1CC[C@H]1NC(=O)c1onc2c(N(C)C(=O)OC(C)(C)C)cc(Nc3nccn(-c4ncccc4F)c3=O)nc12. The normalized spacial score (nSPS) is 16.5. The second-order valence-corrected chi connectivity index (χ2v) is 10.6. The van der Waals surface area contributed by atoms with Crippen molar-refractivity contribution >= 4 is 40.4 Å². The molecule has 0 saturated heterocycles. The van der Waals surface area contributed by atoms with Crippen molar-refractivity contribution in [1.29, 1.82) is 0 Å². The van der Waals surface area contributed by atoms with Crippen molar-refractivity contribution in [2.24, 2.45) is 0 Å². The minimum Gasteiger partial charge on any atom is -0.443 e. The molecular formula is C27H29FN8O6. The van der Waals surface area contributed by atoms with Gasteiger partial charge in [-0.15, -0.1) is 0 Å². The monoisotopic (exact) mass is 580 g/mol. The van der Waals surface area contributed by atoms with Crippen LogP contribution in [0.5, 0.6) is 0 Å². The summed E-state index contributed by atoms with van der Waals surface area (Å²) in [4.78, 5) is 53.0. The lowest BCUT2D eigenvalue weighted by Crippen LogP contribution is -2.51. The Balaban J connectivity index is 1.57. The van der Waals surface area contributed by atoms with Crippen LogP contribution in [-0.4, -0.2) is 68.6 Å². The Kier molecular flexibility index (Phi) is 7.60. The maximum atomic E-state index is 14.4. The highest BCUT2D eigenvalue weighted by Crippen LogP contribution is 2.32. The first-order valence-corrected chi connectivity index (χ1v) is 13.0. The molecule has 1 saturated carbocycles. The van der Waals surface area contributed by atoms with Crippen molar-refractivity contribution in [3.63, 3.8) is 0 Å². The van der Waals surface area contributed by atoms with Gasteiger partial charge in [0.05, 0.1) is 17.8 Å². The van der Waals surface area contributed by atoms with E-state index in [-0.39, 0.29) is 52.1 Å². The molecule has 14 nitrogen and oxygen atoms in total. The molecule has 2 amide bonds. The molecule has 4 aromatic rings. The van der Waals surface area contributed by atoms with E-state index < -0.39 is 29.0 Å². The summed E-state index contributed by atoms with van der Waals surface area (Å²) in [6.45, 7) is 5.16. The van der Waals surface area contributed by atoms with E-state index in [0.717, 1.165) is 17.4 Å². The van der Waals surface area contributed by atoms with Crippen LogP contribution in [0.15, 0.2) is 46.1 Å². The first kappa shape index (κ1) is 28.6. The number of nitrogens with one attached hydrogen (secondary N) is 2. The number of fused-ring (bicyclic) bond motifs is 1. The zero-order valence-electron chi connectivity index (χ0n) is 23.5. The van der Waals surface area contributed by atoms with Gasteiger partial charge in [0.2, 0.25) is 5.76 Å². The number of ether oxygens (including phenoxy) is 2. The Morgan fingerprint density at radius 3 is 2.64 bits per heavy atom. The van der Waals surface area contributed by atoms with E-state index in [1.807, 2.05) is 0 Å². The van der Waals surface area contributed by atoms with Gasteiger partial charge in [-0.05, 0) is 45.7 Å². The highest BCUT2D eigenvalue weighted by molar-refractivity contribution is 6.07. The number of hydrogen-bond donors (Lipinski definition) is 2. The largest absolute Gasteiger partial charge is 0.443 e. The summed E-state index contributed by atoms with van der Waals surface area (Å²) in [6, 6.07) is 3.78. The number of hydrogen-bond acceptors (Lipinski definition) is 11. The smallest absolute Gasteiger partial charge is 0.414 e. The number of nitrogens with zero attached hydrogens (tertiary/aromatic N) is 6. The molecule has 42 heavy (non-hydrogen) atoms. The summed E-state index contributed by atoms with van der Waals surface area (Å²) in [7, 11) is 3.02. The molecule has 0 bridgehead atoms. The van der Waals surface area contributed by atoms with E-state index in [2.05, 4.69) is 30.7 Å². The molecule has 1 aliphatic rings. The Labute approximate surface area is 238 Å². The summed E-state index contributed by atoms with van der Waals surface area (Å²) in [5.74, 6) is -1.91. The predicted molar refractivity (Wildman–Crippen MR) is 149 cm³/mol. The third-order valence-electron chi connectivity index (χ3n) is 6.54. The van der Waals surface area contributed by atoms with Crippen LogP contribution in [0, 0.1) is 5.82 Å². The molecule has 1 aliphatic carbocycles. The number of carbonyl (C=O) groups is 2. The topological polar surface area (TPSA) is 167 Å². The number of anilines is 3. The Morgan fingerprint density at radius 2 is 1.98 bits per heavy atom. The molecule has 220 valence electrons. The van der Waals surface area contributed by atoms with Crippen LogP contribution >= 0.6 is 0 Å². The zero-order chi connectivity index (χ0) is 30.2. The summed E-state index contributed by atoms with van der Waals surface area (Å²) >= 11 is 0. The second kappa shape index (κ2) is 11.2. The van der Waals surface area contributed by atoms with E-state index in [1.54, 1.807) is 27.9 Å². The van der Waals surface area contributed by atoms with Gasteiger partial charge < -0.3 is 24.6 Å². The van der Waals surface area contributed by atoms with Gasteiger partial charge in [0.15, 0.2) is 23.0 Å². The highest BCUT2D eigenvalue weighted by atomic mass is 19.1. The fraction of sp³-hybridized carbons (Fsp3) is 0.370. The van der Waals surface area contributed by atoms with Crippen LogP contribution < -0.4 is 21.1 Å². The first-order chi connectivity index (χ1) is 20.0. The minimum atomic E-state index is -0.798. The van der Waals surface area contributed by atoms with Gasteiger partial charge in [0.1, 0.15) is 16.9 Å². The van der Waals surface area contributed by atoms with Crippen molar-refractivity contribution in [1.82, 2.24) is 30.0 Å². The Bertz CT molecular complexity index is 1710. The van der Waals surface area contributed by atoms with E-state index in [9.17, 15) is 18.8 Å². The van der Waals surface area contributed by atoms with Crippen molar-refractivity contribution in [3.05, 3.63) is 58.7 Å². The molecule has 0 aromatic carbocycles. The molecule has 4 aromatic heterocycles. The van der Waals surface area contributed by atoms with Crippen LogP contribution in [0.4, 0.5) is 26.5 Å². The van der Waals surface area contributed by atoms with Crippen molar-refractivity contribution in [2.75, 3.05) is 24.4 Å². The molecule has 0 unspecified atom stereocenters. The standard InChI is InChI=1S/C27H29FN8O6/c1-27(2,3)41-26(39)35(4)16-13-18(33-22-25(38)36(12-11-29-22)23-14(28)7-6-10-30-23)32-20-19(16)34-42-21(20)24(37)31-15-8-9-17(15)40-5/h6-7,10-13,15,17H,8-9H2,1-5H3,(H,31,37)(H,29,32,33)/t15-,17-/m1/s1. The van der Waals surface area contributed by atoms with Crippen molar-refractivity contribution in [3.8, 4) is 5.82 Å². The van der Waals surface area contributed by atoms with Crippen LogP contribution in [0.2, 0.25) is 0 Å². The number of halogens is 1. The number of pyridine rings is 2.